The fraction of sp³-hybridized carbons (Fsp3) is 0.238. The van der Waals surface area contributed by atoms with Gasteiger partial charge in [-0.15, -0.1) is 0 Å². The van der Waals surface area contributed by atoms with Crippen LogP contribution >= 0.6 is 0 Å². The number of carbonyl (C=O) groups excluding carboxylic acids is 1. The van der Waals surface area contributed by atoms with Crippen molar-refractivity contribution in [1.82, 2.24) is 10.3 Å². The number of aryl methyl sites for hydroxylation is 1. The standard InChI is InChI=1S/C21H20N2O5/c1-13-17(23-21(28-13)15-4-6-16(25-2)7-5-15)10-20(24)22-11-14-3-8-18-19(9-14)27-12-26-18/h3-9H,10-12H2,1-2H3,(H,22,24). The third kappa shape index (κ3) is 3.78. The maximum Gasteiger partial charge on any atom is 0.231 e. The van der Waals surface area contributed by atoms with Crippen LogP contribution in [0.3, 0.4) is 0 Å². The summed E-state index contributed by atoms with van der Waals surface area (Å²) >= 11 is 0. The number of rotatable bonds is 6. The van der Waals surface area contributed by atoms with Gasteiger partial charge in [-0.05, 0) is 48.9 Å². The fourth-order valence-electron chi connectivity index (χ4n) is 2.92. The molecule has 1 aromatic heterocycles. The van der Waals surface area contributed by atoms with Crippen LogP contribution < -0.4 is 19.5 Å². The number of benzene rings is 2. The van der Waals surface area contributed by atoms with E-state index in [0.717, 1.165) is 22.6 Å². The molecule has 3 aromatic rings. The monoisotopic (exact) mass is 380 g/mol. The van der Waals surface area contributed by atoms with Crippen LogP contribution in [-0.4, -0.2) is 24.8 Å². The highest BCUT2D eigenvalue weighted by atomic mass is 16.7. The Balaban J connectivity index is 1.38. The molecule has 0 bridgehead atoms. The number of carbonyl (C=O) groups is 1. The second-order valence-electron chi connectivity index (χ2n) is 6.39. The molecule has 28 heavy (non-hydrogen) atoms. The third-order valence-corrected chi connectivity index (χ3v) is 4.48. The maximum absolute atomic E-state index is 12.3. The minimum absolute atomic E-state index is 0.129. The molecule has 0 aliphatic carbocycles. The number of nitrogens with one attached hydrogen (secondary N) is 1. The van der Waals surface area contributed by atoms with Crippen LogP contribution in [0.1, 0.15) is 17.0 Å². The first-order chi connectivity index (χ1) is 13.6. The second-order valence-corrected chi connectivity index (χ2v) is 6.39. The molecular weight excluding hydrogens is 360 g/mol. The molecule has 144 valence electrons. The Morgan fingerprint density at radius 1 is 1.14 bits per heavy atom. The van der Waals surface area contributed by atoms with Gasteiger partial charge in [0.25, 0.3) is 0 Å². The molecule has 0 spiro atoms. The van der Waals surface area contributed by atoms with Gasteiger partial charge in [0.2, 0.25) is 18.6 Å². The molecule has 0 atom stereocenters. The molecular formula is C21H20N2O5. The zero-order chi connectivity index (χ0) is 19.5. The molecule has 1 N–H and O–H groups in total. The quantitative estimate of drug-likeness (QED) is 0.707. The number of amides is 1. The van der Waals surface area contributed by atoms with E-state index in [0.29, 0.717) is 29.6 Å². The number of hydrogen-bond acceptors (Lipinski definition) is 6. The predicted octanol–water partition coefficient (Wildman–Crippen LogP) is 3.25. The lowest BCUT2D eigenvalue weighted by atomic mass is 10.2. The van der Waals surface area contributed by atoms with Crippen molar-refractivity contribution in [2.75, 3.05) is 13.9 Å². The molecule has 2 heterocycles. The molecule has 0 saturated heterocycles. The van der Waals surface area contributed by atoms with Crippen molar-refractivity contribution in [3.05, 3.63) is 59.5 Å². The smallest absolute Gasteiger partial charge is 0.231 e. The summed E-state index contributed by atoms with van der Waals surface area (Å²) in [7, 11) is 1.62. The Bertz CT molecular complexity index is 995. The minimum Gasteiger partial charge on any atom is -0.497 e. The lowest BCUT2D eigenvalue weighted by Gasteiger charge is -2.05. The van der Waals surface area contributed by atoms with Crippen LogP contribution in [0.4, 0.5) is 0 Å². The van der Waals surface area contributed by atoms with Crippen LogP contribution in [0.25, 0.3) is 11.5 Å². The Kier molecular flexibility index (Phi) is 4.89. The van der Waals surface area contributed by atoms with Crippen LogP contribution in [0.15, 0.2) is 46.9 Å². The molecule has 1 amide bonds. The number of aromatic nitrogens is 1. The van der Waals surface area contributed by atoms with E-state index in [2.05, 4.69) is 10.3 Å². The van der Waals surface area contributed by atoms with Crippen LogP contribution in [-0.2, 0) is 17.8 Å². The van der Waals surface area contributed by atoms with Crippen molar-refractivity contribution in [2.24, 2.45) is 0 Å². The Hall–Kier alpha value is -3.48. The molecule has 4 rings (SSSR count). The van der Waals surface area contributed by atoms with E-state index in [1.807, 2.05) is 42.5 Å². The van der Waals surface area contributed by atoms with E-state index in [1.165, 1.54) is 0 Å². The number of fused-ring (bicyclic) bond motifs is 1. The number of hydrogen-bond donors (Lipinski definition) is 1. The average Bonchev–Trinajstić information content (AvgIpc) is 3.33. The number of ether oxygens (including phenoxy) is 3. The lowest BCUT2D eigenvalue weighted by Crippen LogP contribution is -2.24. The summed E-state index contributed by atoms with van der Waals surface area (Å²) in [6, 6.07) is 13.0. The Morgan fingerprint density at radius 2 is 1.93 bits per heavy atom. The molecule has 0 radical (unpaired) electrons. The van der Waals surface area contributed by atoms with Gasteiger partial charge < -0.3 is 23.9 Å². The van der Waals surface area contributed by atoms with Crippen LogP contribution in [0.2, 0.25) is 0 Å². The first-order valence-electron chi connectivity index (χ1n) is 8.88. The molecule has 7 nitrogen and oxygen atoms in total. The van der Waals surface area contributed by atoms with Crippen molar-refractivity contribution < 1.29 is 23.4 Å². The summed E-state index contributed by atoms with van der Waals surface area (Å²) in [5, 5.41) is 2.90. The second kappa shape index (κ2) is 7.64. The molecule has 0 fully saturated rings. The first kappa shape index (κ1) is 17.9. The SMILES string of the molecule is COc1ccc(-c2nc(CC(=O)NCc3ccc4c(c3)OCO4)c(C)o2)cc1. The van der Waals surface area contributed by atoms with Gasteiger partial charge in [-0.1, -0.05) is 6.07 Å². The van der Waals surface area contributed by atoms with E-state index in [-0.39, 0.29) is 19.1 Å². The van der Waals surface area contributed by atoms with E-state index in [1.54, 1.807) is 14.0 Å². The highest BCUT2D eigenvalue weighted by molar-refractivity contribution is 5.78. The van der Waals surface area contributed by atoms with Crippen molar-refractivity contribution in [1.29, 1.82) is 0 Å². The summed E-state index contributed by atoms with van der Waals surface area (Å²) in [6.07, 6.45) is 0.149. The van der Waals surface area contributed by atoms with Crippen molar-refractivity contribution in [3.63, 3.8) is 0 Å². The Labute approximate surface area is 162 Å². The number of nitrogens with zero attached hydrogens (tertiary/aromatic N) is 1. The van der Waals surface area contributed by atoms with Gasteiger partial charge in [0.05, 0.1) is 19.2 Å². The Morgan fingerprint density at radius 3 is 2.71 bits per heavy atom. The molecule has 0 unspecified atom stereocenters. The fourth-order valence-corrected chi connectivity index (χ4v) is 2.92. The minimum atomic E-state index is -0.129. The molecule has 1 aliphatic rings. The number of methoxy groups -OCH3 is 1. The van der Waals surface area contributed by atoms with E-state index >= 15 is 0 Å². The van der Waals surface area contributed by atoms with Gasteiger partial charge in [0.15, 0.2) is 11.5 Å². The average molecular weight is 380 g/mol. The van der Waals surface area contributed by atoms with Crippen molar-refractivity contribution in [3.8, 4) is 28.7 Å². The van der Waals surface area contributed by atoms with Gasteiger partial charge >= 0.3 is 0 Å². The number of oxazole rings is 1. The summed E-state index contributed by atoms with van der Waals surface area (Å²) in [5.74, 6) is 3.16. The van der Waals surface area contributed by atoms with Gasteiger partial charge in [-0.2, -0.15) is 0 Å². The summed E-state index contributed by atoms with van der Waals surface area (Å²) in [4.78, 5) is 16.8. The highest BCUT2D eigenvalue weighted by Crippen LogP contribution is 2.32. The predicted molar refractivity (Wildman–Crippen MR) is 101 cm³/mol. The van der Waals surface area contributed by atoms with Crippen LogP contribution in [0.5, 0.6) is 17.2 Å². The molecule has 1 aliphatic heterocycles. The topological polar surface area (TPSA) is 82.8 Å². The van der Waals surface area contributed by atoms with Gasteiger partial charge in [0, 0.05) is 12.1 Å². The first-order valence-corrected chi connectivity index (χ1v) is 8.88. The summed E-state index contributed by atoms with van der Waals surface area (Å²) < 4.78 is 21.5. The largest absolute Gasteiger partial charge is 0.497 e. The summed E-state index contributed by atoms with van der Waals surface area (Å²) in [6.45, 7) is 2.44. The lowest BCUT2D eigenvalue weighted by molar-refractivity contribution is -0.120. The molecule has 2 aromatic carbocycles. The highest BCUT2D eigenvalue weighted by Gasteiger charge is 2.16. The zero-order valence-electron chi connectivity index (χ0n) is 15.7. The van der Waals surface area contributed by atoms with Crippen molar-refractivity contribution in [2.45, 2.75) is 19.9 Å². The van der Waals surface area contributed by atoms with E-state index in [4.69, 9.17) is 18.6 Å². The van der Waals surface area contributed by atoms with Gasteiger partial charge in [0.1, 0.15) is 11.5 Å². The van der Waals surface area contributed by atoms with E-state index in [9.17, 15) is 4.79 Å². The van der Waals surface area contributed by atoms with Gasteiger partial charge in [-0.3, -0.25) is 4.79 Å². The van der Waals surface area contributed by atoms with E-state index < -0.39 is 0 Å². The summed E-state index contributed by atoms with van der Waals surface area (Å²) in [5.41, 5.74) is 2.39. The zero-order valence-corrected chi connectivity index (χ0v) is 15.7. The van der Waals surface area contributed by atoms with Gasteiger partial charge in [-0.25, -0.2) is 4.98 Å². The third-order valence-electron chi connectivity index (χ3n) is 4.48. The maximum atomic E-state index is 12.3. The van der Waals surface area contributed by atoms with Crippen LogP contribution in [0, 0.1) is 6.92 Å². The molecule has 7 heteroatoms. The molecule has 0 saturated carbocycles. The van der Waals surface area contributed by atoms with Crippen molar-refractivity contribution >= 4 is 5.91 Å². The normalized spacial score (nSPS) is 12.1.